The van der Waals surface area contributed by atoms with Gasteiger partial charge in [0.25, 0.3) is 0 Å². The molecule has 0 fully saturated rings. The van der Waals surface area contributed by atoms with Crippen molar-refractivity contribution in [1.82, 2.24) is 0 Å². The molecular formula is C20H24N2O3S. The first-order chi connectivity index (χ1) is 12.1. The van der Waals surface area contributed by atoms with E-state index in [-0.39, 0.29) is 4.90 Å². The maximum absolute atomic E-state index is 10.4. The van der Waals surface area contributed by atoms with Crippen LogP contribution in [0, 0.1) is 13.8 Å². The van der Waals surface area contributed by atoms with Crippen molar-refractivity contribution >= 4 is 26.7 Å². The molecular weight excluding hydrogens is 348 g/mol. The Kier molecular flexibility index (Phi) is 6.00. The van der Waals surface area contributed by atoms with Crippen LogP contribution in [0.5, 0.6) is 0 Å². The number of hydrogen-bond donors (Lipinski definition) is 0. The molecule has 138 valence electrons. The van der Waals surface area contributed by atoms with Crippen molar-refractivity contribution in [2.75, 3.05) is 19.0 Å². The SMILES string of the molecule is Cc1ccc(S(=O)(=O)[O-])cc1.Cc1ccc2cc(N(C)C)ccc2[n+]1C. The lowest BCUT2D eigenvalue weighted by molar-refractivity contribution is -0.651. The van der Waals surface area contributed by atoms with Crippen LogP contribution in [-0.2, 0) is 17.2 Å². The Morgan fingerprint density at radius 1 is 0.923 bits per heavy atom. The smallest absolute Gasteiger partial charge is 0.212 e. The summed E-state index contributed by atoms with van der Waals surface area (Å²) in [7, 11) is 1.96. The van der Waals surface area contributed by atoms with Crippen molar-refractivity contribution in [3.8, 4) is 0 Å². The summed E-state index contributed by atoms with van der Waals surface area (Å²) in [5.74, 6) is 0. The fourth-order valence-electron chi connectivity index (χ4n) is 2.48. The van der Waals surface area contributed by atoms with Crippen LogP contribution in [-0.4, -0.2) is 27.1 Å². The molecule has 0 aliphatic carbocycles. The van der Waals surface area contributed by atoms with E-state index in [9.17, 15) is 13.0 Å². The van der Waals surface area contributed by atoms with Crippen molar-refractivity contribution in [1.29, 1.82) is 0 Å². The van der Waals surface area contributed by atoms with E-state index in [0.29, 0.717) is 0 Å². The summed E-state index contributed by atoms with van der Waals surface area (Å²) >= 11 is 0. The Bertz CT molecular complexity index is 1010. The second kappa shape index (κ2) is 7.85. The molecule has 1 heterocycles. The predicted molar refractivity (Wildman–Crippen MR) is 103 cm³/mol. The predicted octanol–water partition coefficient (Wildman–Crippen LogP) is 2.94. The fourth-order valence-corrected chi connectivity index (χ4v) is 2.95. The summed E-state index contributed by atoms with van der Waals surface area (Å²) < 4.78 is 33.4. The van der Waals surface area contributed by atoms with Gasteiger partial charge in [-0.15, -0.1) is 0 Å². The summed E-state index contributed by atoms with van der Waals surface area (Å²) in [5.41, 5.74) is 4.73. The highest BCUT2D eigenvalue weighted by molar-refractivity contribution is 7.85. The Morgan fingerprint density at radius 2 is 1.54 bits per heavy atom. The van der Waals surface area contributed by atoms with E-state index >= 15 is 0 Å². The maximum Gasteiger partial charge on any atom is 0.212 e. The highest BCUT2D eigenvalue weighted by Gasteiger charge is 2.08. The summed E-state index contributed by atoms with van der Waals surface area (Å²) in [4.78, 5) is 1.95. The minimum absolute atomic E-state index is 0.178. The summed E-state index contributed by atoms with van der Waals surface area (Å²) in [5, 5.41) is 1.29. The molecule has 0 N–H and O–H groups in total. The van der Waals surface area contributed by atoms with Gasteiger partial charge in [-0.1, -0.05) is 17.7 Å². The van der Waals surface area contributed by atoms with E-state index in [4.69, 9.17) is 0 Å². The van der Waals surface area contributed by atoms with Crippen LogP contribution in [0.15, 0.2) is 59.5 Å². The van der Waals surface area contributed by atoms with Crippen LogP contribution in [0.3, 0.4) is 0 Å². The zero-order valence-electron chi connectivity index (χ0n) is 15.7. The van der Waals surface area contributed by atoms with Crippen molar-refractivity contribution in [2.45, 2.75) is 18.7 Å². The van der Waals surface area contributed by atoms with Gasteiger partial charge in [-0.05, 0) is 37.3 Å². The molecule has 0 amide bonds. The lowest BCUT2D eigenvalue weighted by Gasteiger charge is -2.12. The van der Waals surface area contributed by atoms with Crippen LogP contribution in [0.2, 0.25) is 0 Å². The van der Waals surface area contributed by atoms with Gasteiger partial charge in [0.2, 0.25) is 5.52 Å². The van der Waals surface area contributed by atoms with E-state index in [1.807, 2.05) is 6.92 Å². The Hall–Kier alpha value is -2.44. The summed E-state index contributed by atoms with van der Waals surface area (Å²) in [6.07, 6.45) is 0. The molecule has 3 rings (SSSR count). The molecule has 1 aromatic heterocycles. The zero-order valence-corrected chi connectivity index (χ0v) is 16.5. The Labute approximate surface area is 155 Å². The molecule has 5 nitrogen and oxygen atoms in total. The molecule has 0 atom stereocenters. The second-order valence-corrected chi connectivity index (χ2v) is 7.82. The molecule has 0 saturated heterocycles. The molecule has 0 unspecified atom stereocenters. The first kappa shape index (κ1) is 19.9. The van der Waals surface area contributed by atoms with Crippen LogP contribution in [0.25, 0.3) is 10.9 Å². The van der Waals surface area contributed by atoms with E-state index in [0.717, 1.165) is 5.56 Å². The average Bonchev–Trinajstić information content (AvgIpc) is 2.58. The van der Waals surface area contributed by atoms with E-state index in [1.165, 1.54) is 34.4 Å². The van der Waals surface area contributed by atoms with Gasteiger partial charge < -0.3 is 9.45 Å². The van der Waals surface area contributed by atoms with E-state index < -0.39 is 10.1 Å². The van der Waals surface area contributed by atoms with Crippen LogP contribution >= 0.6 is 0 Å². The molecule has 0 bridgehead atoms. The third-order valence-electron chi connectivity index (χ3n) is 4.23. The van der Waals surface area contributed by atoms with Crippen molar-refractivity contribution in [3.05, 3.63) is 65.9 Å². The third-order valence-corrected chi connectivity index (χ3v) is 5.08. The van der Waals surface area contributed by atoms with Crippen molar-refractivity contribution < 1.29 is 17.5 Å². The lowest BCUT2D eigenvalue weighted by Crippen LogP contribution is -2.32. The normalized spacial score (nSPS) is 11.0. The van der Waals surface area contributed by atoms with Gasteiger partial charge in [-0.25, -0.2) is 8.42 Å². The first-order valence-electron chi connectivity index (χ1n) is 8.19. The molecule has 3 aromatic rings. The minimum atomic E-state index is -4.27. The molecule has 6 heteroatoms. The molecule has 26 heavy (non-hydrogen) atoms. The molecule has 2 aromatic carbocycles. The molecule has 0 aliphatic rings. The summed E-state index contributed by atoms with van der Waals surface area (Å²) in [6.45, 7) is 3.94. The van der Waals surface area contributed by atoms with Gasteiger partial charge in [-0.2, -0.15) is 4.57 Å². The van der Waals surface area contributed by atoms with Crippen molar-refractivity contribution in [3.63, 3.8) is 0 Å². The average molecular weight is 372 g/mol. The monoisotopic (exact) mass is 372 g/mol. The number of fused-ring (bicyclic) bond motifs is 1. The number of benzene rings is 2. The number of nitrogens with zero attached hydrogens (tertiary/aromatic N) is 2. The maximum atomic E-state index is 10.4. The quantitative estimate of drug-likeness (QED) is 0.512. The van der Waals surface area contributed by atoms with Crippen LogP contribution in [0.1, 0.15) is 11.3 Å². The topological polar surface area (TPSA) is 64.3 Å². The van der Waals surface area contributed by atoms with Gasteiger partial charge in [-0.3, -0.25) is 0 Å². The van der Waals surface area contributed by atoms with E-state index in [1.54, 1.807) is 12.1 Å². The van der Waals surface area contributed by atoms with Crippen molar-refractivity contribution in [2.24, 2.45) is 7.05 Å². The van der Waals surface area contributed by atoms with Gasteiger partial charge in [0.1, 0.15) is 17.2 Å². The number of rotatable bonds is 2. The number of anilines is 1. The van der Waals surface area contributed by atoms with Gasteiger partial charge in [0.15, 0.2) is 5.69 Å². The lowest BCUT2D eigenvalue weighted by atomic mass is 10.1. The van der Waals surface area contributed by atoms with Gasteiger partial charge >= 0.3 is 0 Å². The molecule has 0 aliphatic heterocycles. The fraction of sp³-hybridized carbons (Fsp3) is 0.250. The largest absolute Gasteiger partial charge is 0.744 e. The summed E-state index contributed by atoms with van der Waals surface area (Å²) in [6, 6.07) is 16.7. The van der Waals surface area contributed by atoms with E-state index in [2.05, 4.69) is 67.9 Å². The highest BCUT2D eigenvalue weighted by atomic mass is 32.2. The number of aryl methyl sites for hydroxylation is 3. The van der Waals surface area contributed by atoms with Crippen LogP contribution < -0.4 is 9.47 Å². The third kappa shape index (κ3) is 4.80. The zero-order chi connectivity index (χ0) is 19.5. The van der Waals surface area contributed by atoms with Gasteiger partial charge in [0.05, 0.1) is 4.90 Å². The van der Waals surface area contributed by atoms with Gasteiger partial charge in [0, 0.05) is 44.2 Å². The first-order valence-corrected chi connectivity index (χ1v) is 9.59. The standard InChI is InChI=1S/C13H17N2.C7H8O3S/c1-10-5-6-11-9-12(14(2)3)7-8-13(11)15(10)4;1-6-2-4-7(5-3-6)11(8,9)10/h5-9H,1-4H3;2-5H,1H3,(H,8,9,10)/q+1;/p-1. The Morgan fingerprint density at radius 3 is 2.08 bits per heavy atom. The molecule has 0 radical (unpaired) electrons. The minimum Gasteiger partial charge on any atom is -0.744 e. The number of pyridine rings is 1. The molecule has 0 saturated carbocycles. The molecule has 0 spiro atoms. The number of hydrogen-bond acceptors (Lipinski definition) is 4. The number of aromatic nitrogens is 1. The Balaban J connectivity index is 0.000000197. The second-order valence-electron chi connectivity index (χ2n) is 6.44. The highest BCUT2D eigenvalue weighted by Crippen LogP contribution is 2.18. The van der Waals surface area contributed by atoms with Crippen LogP contribution in [0.4, 0.5) is 5.69 Å².